The maximum Gasteiger partial charge on any atom is 0.141 e. The van der Waals surface area contributed by atoms with Gasteiger partial charge >= 0.3 is 0 Å². The Hall–Kier alpha value is -0.800. The van der Waals surface area contributed by atoms with E-state index in [0.717, 1.165) is 0 Å². The van der Waals surface area contributed by atoms with Gasteiger partial charge in [-0.2, -0.15) is 0 Å². The van der Waals surface area contributed by atoms with Crippen LogP contribution in [0.2, 0.25) is 5.02 Å². The molecule has 84 valence electrons. The third-order valence-corrected chi connectivity index (χ3v) is 2.65. The summed E-state index contributed by atoms with van der Waals surface area (Å²) in [5, 5.41) is 12.8. The number of anilines is 1. The zero-order valence-corrected chi connectivity index (χ0v) is 9.77. The minimum absolute atomic E-state index is 0.0722. The van der Waals surface area contributed by atoms with Crippen molar-refractivity contribution in [2.45, 2.75) is 32.4 Å². The van der Waals surface area contributed by atoms with E-state index in [-0.39, 0.29) is 11.1 Å². The van der Waals surface area contributed by atoms with Crippen LogP contribution in [-0.4, -0.2) is 16.7 Å². The smallest absolute Gasteiger partial charge is 0.141 e. The molecular formula is C11H15ClFNO. The predicted molar refractivity (Wildman–Crippen MR) is 60.8 cm³/mol. The number of nitrogens with one attached hydrogen (secondary N) is 1. The first-order valence-corrected chi connectivity index (χ1v) is 5.12. The van der Waals surface area contributed by atoms with Gasteiger partial charge in [0.1, 0.15) is 5.82 Å². The van der Waals surface area contributed by atoms with Gasteiger partial charge in [-0.1, -0.05) is 11.6 Å². The van der Waals surface area contributed by atoms with Gasteiger partial charge in [0, 0.05) is 5.69 Å². The molecule has 1 aromatic carbocycles. The summed E-state index contributed by atoms with van der Waals surface area (Å²) >= 11 is 5.63. The summed E-state index contributed by atoms with van der Waals surface area (Å²) in [5.41, 5.74) is -0.156. The van der Waals surface area contributed by atoms with Crippen molar-refractivity contribution in [3.8, 4) is 0 Å². The van der Waals surface area contributed by atoms with Crippen molar-refractivity contribution in [2.24, 2.45) is 0 Å². The molecule has 1 unspecified atom stereocenters. The number of halogens is 2. The quantitative estimate of drug-likeness (QED) is 0.838. The molecule has 2 N–H and O–H groups in total. The van der Waals surface area contributed by atoms with E-state index in [1.54, 1.807) is 19.9 Å². The predicted octanol–water partition coefficient (Wildman–Crippen LogP) is 3.05. The van der Waals surface area contributed by atoms with Crippen LogP contribution in [0, 0.1) is 5.82 Å². The van der Waals surface area contributed by atoms with E-state index in [1.165, 1.54) is 12.1 Å². The van der Waals surface area contributed by atoms with Gasteiger partial charge < -0.3 is 10.4 Å². The van der Waals surface area contributed by atoms with Crippen LogP contribution in [0.25, 0.3) is 0 Å². The van der Waals surface area contributed by atoms with E-state index < -0.39 is 11.4 Å². The molecule has 2 nitrogen and oxygen atoms in total. The Balaban J connectivity index is 2.78. The van der Waals surface area contributed by atoms with Crippen molar-refractivity contribution in [1.82, 2.24) is 0 Å². The number of aliphatic hydroxyl groups is 1. The second-order valence-electron chi connectivity index (χ2n) is 4.15. The Morgan fingerprint density at radius 2 is 2.07 bits per heavy atom. The standard InChI is InChI=1S/C11H15ClFNO/c1-7(11(2,3)15)14-8-4-5-10(13)9(12)6-8/h4-7,14-15H,1-3H3. The molecule has 0 spiro atoms. The Labute approximate surface area is 94.1 Å². The maximum atomic E-state index is 12.9. The van der Waals surface area contributed by atoms with Crippen LogP contribution < -0.4 is 5.32 Å². The van der Waals surface area contributed by atoms with Gasteiger partial charge in [0.15, 0.2) is 0 Å². The largest absolute Gasteiger partial charge is 0.388 e. The highest BCUT2D eigenvalue weighted by molar-refractivity contribution is 6.31. The highest BCUT2D eigenvalue weighted by Crippen LogP contribution is 2.21. The van der Waals surface area contributed by atoms with Gasteiger partial charge in [0.2, 0.25) is 0 Å². The van der Waals surface area contributed by atoms with Gasteiger partial charge in [-0.05, 0) is 39.0 Å². The first kappa shape index (κ1) is 12.3. The minimum Gasteiger partial charge on any atom is -0.388 e. The molecule has 0 aromatic heterocycles. The second kappa shape index (κ2) is 4.37. The fourth-order valence-electron chi connectivity index (χ4n) is 1.01. The number of hydrogen-bond acceptors (Lipinski definition) is 2. The lowest BCUT2D eigenvalue weighted by molar-refractivity contribution is 0.0649. The second-order valence-corrected chi connectivity index (χ2v) is 4.56. The molecule has 0 amide bonds. The summed E-state index contributed by atoms with van der Waals surface area (Å²) in [6.07, 6.45) is 0. The van der Waals surface area contributed by atoms with Crippen LogP contribution >= 0.6 is 11.6 Å². The minimum atomic E-state index is -0.846. The molecule has 15 heavy (non-hydrogen) atoms. The molecule has 1 aromatic rings. The van der Waals surface area contributed by atoms with Crippen molar-refractivity contribution >= 4 is 17.3 Å². The Kier molecular flexibility index (Phi) is 3.58. The number of rotatable bonds is 3. The lowest BCUT2D eigenvalue weighted by Gasteiger charge is -2.27. The third kappa shape index (κ3) is 3.36. The zero-order valence-electron chi connectivity index (χ0n) is 9.01. The lowest BCUT2D eigenvalue weighted by Crippen LogP contribution is -2.39. The van der Waals surface area contributed by atoms with Gasteiger partial charge in [-0.3, -0.25) is 0 Å². The highest BCUT2D eigenvalue weighted by Gasteiger charge is 2.21. The molecule has 0 saturated carbocycles. The molecule has 0 saturated heterocycles. The molecule has 0 aliphatic carbocycles. The topological polar surface area (TPSA) is 32.3 Å². The van der Waals surface area contributed by atoms with Crippen molar-refractivity contribution < 1.29 is 9.50 Å². The van der Waals surface area contributed by atoms with Crippen molar-refractivity contribution in [1.29, 1.82) is 0 Å². The average molecular weight is 232 g/mol. The summed E-state index contributed by atoms with van der Waals surface area (Å²) < 4.78 is 12.9. The molecule has 0 heterocycles. The fraction of sp³-hybridized carbons (Fsp3) is 0.455. The maximum absolute atomic E-state index is 12.9. The Bertz CT molecular complexity index is 349. The van der Waals surface area contributed by atoms with E-state index >= 15 is 0 Å². The first-order valence-electron chi connectivity index (χ1n) is 4.74. The van der Waals surface area contributed by atoms with Crippen LogP contribution in [0.5, 0.6) is 0 Å². The van der Waals surface area contributed by atoms with Crippen molar-refractivity contribution in [3.05, 3.63) is 29.0 Å². The van der Waals surface area contributed by atoms with Gasteiger partial charge in [0.25, 0.3) is 0 Å². The van der Waals surface area contributed by atoms with Gasteiger partial charge in [-0.15, -0.1) is 0 Å². The normalized spacial score (nSPS) is 13.7. The first-order chi connectivity index (χ1) is 6.80. The molecule has 1 atom stereocenters. The van der Waals surface area contributed by atoms with E-state index in [9.17, 15) is 9.50 Å². The monoisotopic (exact) mass is 231 g/mol. The molecule has 0 fully saturated rings. The Morgan fingerprint density at radius 1 is 1.47 bits per heavy atom. The van der Waals surface area contributed by atoms with Crippen molar-refractivity contribution in [2.75, 3.05) is 5.32 Å². The summed E-state index contributed by atoms with van der Waals surface area (Å²) in [6.45, 7) is 5.25. The lowest BCUT2D eigenvalue weighted by atomic mass is 10.0. The molecule has 0 aliphatic heterocycles. The number of hydrogen-bond donors (Lipinski definition) is 2. The van der Waals surface area contributed by atoms with Crippen LogP contribution in [0.4, 0.5) is 10.1 Å². The van der Waals surface area contributed by atoms with Crippen molar-refractivity contribution in [3.63, 3.8) is 0 Å². The summed E-state index contributed by atoms with van der Waals surface area (Å²) in [4.78, 5) is 0. The summed E-state index contributed by atoms with van der Waals surface area (Å²) in [6, 6.07) is 4.23. The van der Waals surface area contributed by atoms with Crippen LogP contribution in [0.1, 0.15) is 20.8 Å². The van der Waals surface area contributed by atoms with Crippen LogP contribution in [0.3, 0.4) is 0 Å². The molecule has 0 radical (unpaired) electrons. The zero-order chi connectivity index (χ0) is 11.6. The van der Waals surface area contributed by atoms with Crippen LogP contribution in [-0.2, 0) is 0 Å². The van der Waals surface area contributed by atoms with E-state index in [1.807, 2.05) is 6.92 Å². The van der Waals surface area contributed by atoms with E-state index in [2.05, 4.69) is 5.32 Å². The molecule has 1 rings (SSSR count). The molecule has 0 bridgehead atoms. The van der Waals surface area contributed by atoms with E-state index in [4.69, 9.17) is 11.6 Å². The average Bonchev–Trinajstić information content (AvgIpc) is 2.10. The van der Waals surface area contributed by atoms with Crippen LogP contribution in [0.15, 0.2) is 18.2 Å². The molecular weight excluding hydrogens is 217 g/mol. The fourth-order valence-corrected chi connectivity index (χ4v) is 1.19. The number of benzene rings is 1. The SMILES string of the molecule is CC(Nc1ccc(F)c(Cl)c1)C(C)(C)O. The molecule has 0 aliphatic rings. The molecule has 4 heteroatoms. The highest BCUT2D eigenvalue weighted by atomic mass is 35.5. The Morgan fingerprint density at radius 3 is 2.53 bits per heavy atom. The third-order valence-electron chi connectivity index (χ3n) is 2.36. The van der Waals surface area contributed by atoms with Gasteiger partial charge in [-0.25, -0.2) is 4.39 Å². The van der Waals surface area contributed by atoms with E-state index in [0.29, 0.717) is 5.69 Å². The van der Waals surface area contributed by atoms with Gasteiger partial charge in [0.05, 0.1) is 16.7 Å². The summed E-state index contributed by atoms with van der Waals surface area (Å²) in [7, 11) is 0. The summed E-state index contributed by atoms with van der Waals surface area (Å²) in [5.74, 6) is -0.446.